The molecular formula is C10H16N2O2. The van der Waals surface area contributed by atoms with E-state index < -0.39 is 5.60 Å². The summed E-state index contributed by atoms with van der Waals surface area (Å²) in [5.41, 5.74) is 5.63. The van der Waals surface area contributed by atoms with Gasteiger partial charge in [-0.05, 0) is 24.6 Å². The monoisotopic (exact) mass is 196 g/mol. The molecule has 3 N–H and O–H groups in total. The van der Waals surface area contributed by atoms with E-state index in [4.69, 9.17) is 10.5 Å². The first-order chi connectivity index (χ1) is 6.53. The number of anilines is 1. The summed E-state index contributed by atoms with van der Waals surface area (Å²) in [7, 11) is 1.56. The molecular weight excluding hydrogens is 180 g/mol. The van der Waals surface area contributed by atoms with Gasteiger partial charge in [-0.15, -0.1) is 0 Å². The molecule has 78 valence electrons. The van der Waals surface area contributed by atoms with Crippen LogP contribution in [0.5, 0.6) is 0 Å². The van der Waals surface area contributed by atoms with Crippen LogP contribution in [0, 0.1) is 0 Å². The van der Waals surface area contributed by atoms with Gasteiger partial charge in [0.25, 0.3) is 0 Å². The predicted octanol–water partition coefficient (Wildman–Crippen LogP) is 0.604. The molecule has 0 fully saturated rings. The minimum Gasteiger partial charge on any atom is -0.387 e. The van der Waals surface area contributed by atoms with Gasteiger partial charge in [-0.1, -0.05) is 0 Å². The summed E-state index contributed by atoms with van der Waals surface area (Å²) < 4.78 is 4.91. The van der Waals surface area contributed by atoms with E-state index in [1.165, 1.54) is 0 Å². The maximum atomic E-state index is 9.87. The van der Waals surface area contributed by atoms with E-state index in [1.807, 2.05) is 6.07 Å². The maximum absolute atomic E-state index is 9.87. The van der Waals surface area contributed by atoms with Gasteiger partial charge in [-0.2, -0.15) is 0 Å². The highest BCUT2D eigenvalue weighted by atomic mass is 16.5. The fourth-order valence-corrected chi connectivity index (χ4v) is 1.41. The van der Waals surface area contributed by atoms with Crippen LogP contribution >= 0.6 is 0 Å². The Bertz CT molecular complexity index is 300. The normalized spacial score (nSPS) is 15.1. The number of methoxy groups -OCH3 is 1. The number of nitrogen functional groups attached to an aromatic ring is 1. The first kappa shape index (κ1) is 10.9. The number of hydrogen-bond acceptors (Lipinski definition) is 4. The largest absolute Gasteiger partial charge is 0.387 e. The third-order valence-electron chi connectivity index (χ3n) is 1.89. The fraction of sp³-hybridized carbons (Fsp3) is 0.500. The average Bonchev–Trinajstić information content (AvgIpc) is 2.02. The Morgan fingerprint density at radius 1 is 1.64 bits per heavy atom. The lowest BCUT2D eigenvalue weighted by molar-refractivity contribution is -0.0161. The maximum Gasteiger partial charge on any atom is 0.123 e. The minimum atomic E-state index is -0.859. The summed E-state index contributed by atoms with van der Waals surface area (Å²) in [5, 5.41) is 9.87. The van der Waals surface area contributed by atoms with Crippen molar-refractivity contribution in [1.29, 1.82) is 0 Å². The van der Waals surface area contributed by atoms with Crippen LogP contribution in [0.15, 0.2) is 18.3 Å². The number of nitrogens with zero attached hydrogens (tertiary/aromatic N) is 1. The van der Waals surface area contributed by atoms with E-state index >= 15 is 0 Å². The molecule has 1 rings (SSSR count). The summed E-state index contributed by atoms with van der Waals surface area (Å²) in [4.78, 5) is 3.88. The molecule has 0 aliphatic heterocycles. The molecule has 0 bridgehead atoms. The Morgan fingerprint density at radius 2 is 2.36 bits per heavy atom. The highest BCUT2D eigenvalue weighted by Gasteiger charge is 2.20. The van der Waals surface area contributed by atoms with Gasteiger partial charge in [-0.25, -0.2) is 4.98 Å². The van der Waals surface area contributed by atoms with Crippen molar-refractivity contribution in [3.8, 4) is 0 Å². The van der Waals surface area contributed by atoms with Crippen molar-refractivity contribution in [1.82, 2.24) is 4.98 Å². The quantitative estimate of drug-likeness (QED) is 0.740. The number of rotatable bonds is 4. The molecule has 1 aromatic heterocycles. The Morgan fingerprint density at radius 3 is 2.93 bits per heavy atom. The van der Waals surface area contributed by atoms with Crippen molar-refractivity contribution >= 4 is 5.82 Å². The number of pyridine rings is 1. The number of aromatic nitrogens is 1. The van der Waals surface area contributed by atoms with Crippen LogP contribution < -0.4 is 5.73 Å². The average molecular weight is 196 g/mol. The second-order valence-electron chi connectivity index (χ2n) is 3.70. The smallest absolute Gasteiger partial charge is 0.123 e. The second kappa shape index (κ2) is 4.39. The Kier molecular flexibility index (Phi) is 3.43. The molecule has 1 atom stereocenters. The third-order valence-corrected chi connectivity index (χ3v) is 1.89. The van der Waals surface area contributed by atoms with Crippen molar-refractivity contribution in [3.05, 3.63) is 23.9 Å². The molecule has 1 heterocycles. The van der Waals surface area contributed by atoms with Gasteiger partial charge >= 0.3 is 0 Å². The first-order valence-corrected chi connectivity index (χ1v) is 4.45. The molecule has 0 aromatic carbocycles. The Hall–Kier alpha value is -1.13. The van der Waals surface area contributed by atoms with Crippen molar-refractivity contribution in [2.24, 2.45) is 0 Å². The molecule has 0 saturated heterocycles. The van der Waals surface area contributed by atoms with Crippen LogP contribution in [0.3, 0.4) is 0 Å². The van der Waals surface area contributed by atoms with Gasteiger partial charge in [0, 0.05) is 19.7 Å². The van der Waals surface area contributed by atoms with E-state index in [1.54, 1.807) is 26.3 Å². The van der Waals surface area contributed by atoms with Gasteiger partial charge in [0.2, 0.25) is 0 Å². The van der Waals surface area contributed by atoms with E-state index in [0.29, 0.717) is 18.8 Å². The Labute approximate surface area is 83.7 Å². The molecule has 0 amide bonds. The Balaban J connectivity index is 2.68. The number of ether oxygens (including phenoxy) is 1. The van der Waals surface area contributed by atoms with Crippen molar-refractivity contribution in [3.63, 3.8) is 0 Å². The van der Waals surface area contributed by atoms with Gasteiger partial charge < -0.3 is 15.6 Å². The molecule has 0 saturated carbocycles. The second-order valence-corrected chi connectivity index (χ2v) is 3.70. The van der Waals surface area contributed by atoms with E-state index in [-0.39, 0.29) is 0 Å². The zero-order valence-electron chi connectivity index (χ0n) is 8.53. The fourth-order valence-electron chi connectivity index (χ4n) is 1.41. The lowest BCUT2D eigenvalue weighted by atomic mass is 9.98. The van der Waals surface area contributed by atoms with Crippen molar-refractivity contribution in [2.45, 2.75) is 18.9 Å². The summed E-state index contributed by atoms with van der Waals surface area (Å²) in [6, 6.07) is 3.59. The summed E-state index contributed by atoms with van der Waals surface area (Å²) >= 11 is 0. The van der Waals surface area contributed by atoms with Crippen LogP contribution in [0.2, 0.25) is 0 Å². The molecule has 1 unspecified atom stereocenters. The lowest BCUT2D eigenvalue weighted by Crippen LogP contribution is -2.32. The molecule has 4 nitrogen and oxygen atoms in total. The highest BCUT2D eigenvalue weighted by molar-refractivity contribution is 5.32. The molecule has 14 heavy (non-hydrogen) atoms. The van der Waals surface area contributed by atoms with Crippen LogP contribution in [-0.4, -0.2) is 29.4 Å². The molecule has 4 heteroatoms. The lowest BCUT2D eigenvalue weighted by Gasteiger charge is -2.22. The van der Waals surface area contributed by atoms with Crippen LogP contribution in [-0.2, 0) is 11.2 Å². The summed E-state index contributed by atoms with van der Waals surface area (Å²) in [5.74, 6) is 0.468. The topological polar surface area (TPSA) is 68.4 Å². The number of hydrogen-bond donors (Lipinski definition) is 2. The number of aliphatic hydroxyl groups is 1. The van der Waals surface area contributed by atoms with Gasteiger partial charge in [-0.3, -0.25) is 0 Å². The molecule has 0 aliphatic rings. The molecule has 0 radical (unpaired) electrons. The van der Waals surface area contributed by atoms with Gasteiger partial charge in [0.05, 0.1) is 12.2 Å². The molecule has 0 aliphatic carbocycles. The SMILES string of the molecule is COCC(C)(O)Cc1ccnc(N)c1. The van der Waals surface area contributed by atoms with Crippen molar-refractivity contribution in [2.75, 3.05) is 19.5 Å². The van der Waals surface area contributed by atoms with E-state index in [2.05, 4.69) is 4.98 Å². The van der Waals surface area contributed by atoms with Crippen molar-refractivity contribution < 1.29 is 9.84 Å². The zero-order valence-corrected chi connectivity index (χ0v) is 8.53. The molecule has 0 spiro atoms. The van der Waals surface area contributed by atoms with Crippen LogP contribution in [0.1, 0.15) is 12.5 Å². The van der Waals surface area contributed by atoms with Gasteiger partial charge in [0.1, 0.15) is 5.82 Å². The highest BCUT2D eigenvalue weighted by Crippen LogP contribution is 2.14. The van der Waals surface area contributed by atoms with Gasteiger partial charge in [0.15, 0.2) is 0 Å². The van der Waals surface area contributed by atoms with Crippen LogP contribution in [0.4, 0.5) is 5.82 Å². The van der Waals surface area contributed by atoms with E-state index in [9.17, 15) is 5.11 Å². The van der Waals surface area contributed by atoms with E-state index in [0.717, 1.165) is 5.56 Å². The van der Waals surface area contributed by atoms with Crippen LogP contribution in [0.25, 0.3) is 0 Å². The minimum absolute atomic E-state index is 0.301. The predicted molar refractivity (Wildman–Crippen MR) is 54.9 cm³/mol. The summed E-state index contributed by atoms with van der Waals surface area (Å²) in [6.45, 7) is 2.03. The zero-order chi connectivity index (χ0) is 10.6. The number of nitrogens with two attached hydrogens (primary N) is 1. The molecule has 1 aromatic rings. The first-order valence-electron chi connectivity index (χ1n) is 4.45. The third kappa shape index (κ3) is 3.32. The standard InChI is InChI=1S/C10H16N2O2/c1-10(13,7-14-2)6-8-3-4-12-9(11)5-8/h3-5,13H,6-7H2,1-2H3,(H2,11,12). The summed E-state index contributed by atoms with van der Waals surface area (Å²) in [6.07, 6.45) is 2.14.